The van der Waals surface area contributed by atoms with Gasteiger partial charge in [-0.1, -0.05) is 0 Å². The normalized spacial score (nSPS) is 46.7. The van der Waals surface area contributed by atoms with Crippen molar-refractivity contribution in [1.29, 1.82) is 0 Å². The van der Waals surface area contributed by atoms with Crippen LogP contribution in [0.5, 0.6) is 0 Å². The molecule has 36 heavy (non-hydrogen) atoms. The summed E-state index contributed by atoms with van der Waals surface area (Å²) in [4.78, 5) is 25.4. The van der Waals surface area contributed by atoms with Gasteiger partial charge in [0.15, 0.2) is 0 Å². The SMILES string of the molecule is CC(C)O[C@H]1CC[C@H](NC(=O)[C@@H]2N[C@H]2C2CC2C2CC2[C@@H]2N[C@H]2C(=O)N[C@H]2C[C@H](OC(C)C)C2)CC1. The number of nitrogens with one attached hydrogen (secondary N) is 4. The third-order valence-electron chi connectivity index (χ3n) is 9.45. The molecule has 2 amide bonds. The first-order valence-electron chi connectivity index (χ1n) is 14.7. The van der Waals surface area contributed by atoms with E-state index < -0.39 is 0 Å². The minimum absolute atomic E-state index is 0.000808. The van der Waals surface area contributed by atoms with E-state index in [2.05, 4.69) is 49.0 Å². The van der Waals surface area contributed by atoms with Crippen molar-refractivity contribution in [2.24, 2.45) is 23.7 Å². The number of hydrogen-bond acceptors (Lipinski definition) is 6. The van der Waals surface area contributed by atoms with Gasteiger partial charge in [0.25, 0.3) is 0 Å². The van der Waals surface area contributed by atoms with Crippen molar-refractivity contribution in [1.82, 2.24) is 21.3 Å². The third-order valence-corrected chi connectivity index (χ3v) is 9.45. The highest BCUT2D eigenvalue weighted by Gasteiger charge is 2.66. The van der Waals surface area contributed by atoms with Crippen molar-refractivity contribution in [2.45, 2.75) is 140 Å². The molecule has 2 saturated heterocycles. The second kappa shape index (κ2) is 9.83. The van der Waals surface area contributed by atoms with Gasteiger partial charge in [-0.25, -0.2) is 0 Å². The molecular formula is C28H46N4O4. The predicted octanol–water partition coefficient (Wildman–Crippen LogP) is 1.86. The minimum atomic E-state index is 0.000808. The maximum atomic E-state index is 12.8. The molecule has 202 valence electrons. The van der Waals surface area contributed by atoms with Gasteiger partial charge in [-0.2, -0.15) is 0 Å². The molecule has 0 aromatic rings. The zero-order chi connectivity index (χ0) is 25.1. The minimum Gasteiger partial charge on any atom is -0.376 e. The number of carbonyl (C=O) groups is 2. The molecule has 4 aliphatic carbocycles. The van der Waals surface area contributed by atoms with Crippen molar-refractivity contribution < 1.29 is 19.1 Å². The molecule has 0 aromatic heterocycles. The van der Waals surface area contributed by atoms with Crippen LogP contribution in [0.1, 0.15) is 79.1 Å². The highest BCUT2D eigenvalue weighted by atomic mass is 16.5. The maximum absolute atomic E-state index is 12.8. The standard InChI is InChI=1S/C28H46N4O4/c1-13(2)35-17-7-5-15(6-8-17)29-27(33)25-23(31-25)21-11-19(21)20-12-22(20)24-26(32-24)28(34)30-16-9-18(10-16)36-14(3)4/h13-26,31-32H,5-12H2,1-4H3,(H,29,33)(H,30,34)/t15-,16-,17-,18-,19?,20?,21?,22?,23-,24-,25+,26+/m0/s1. The number of amides is 2. The van der Waals surface area contributed by atoms with Crippen molar-refractivity contribution >= 4 is 11.8 Å². The summed E-state index contributed by atoms with van der Waals surface area (Å²) in [6.07, 6.45) is 9.67. The average molecular weight is 503 g/mol. The number of rotatable bonds is 11. The second-order valence-corrected chi connectivity index (χ2v) is 13.1. The summed E-state index contributed by atoms with van der Waals surface area (Å²) in [7, 11) is 0. The summed E-state index contributed by atoms with van der Waals surface area (Å²) in [6.45, 7) is 8.30. The summed E-state index contributed by atoms with van der Waals surface area (Å²) in [6, 6.07) is 1.31. The molecule has 0 spiro atoms. The van der Waals surface area contributed by atoms with E-state index in [4.69, 9.17) is 9.47 Å². The van der Waals surface area contributed by atoms with E-state index in [0.29, 0.717) is 42.2 Å². The average Bonchev–Trinajstić information content (AvgIpc) is 3.64. The summed E-state index contributed by atoms with van der Waals surface area (Å²) in [5, 5.41) is 13.4. The van der Waals surface area contributed by atoms with E-state index in [1.165, 1.54) is 12.8 Å². The van der Waals surface area contributed by atoms with E-state index in [9.17, 15) is 9.59 Å². The molecule has 8 nitrogen and oxygen atoms in total. The first kappa shape index (κ1) is 25.1. The van der Waals surface area contributed by atoms with Crippen LogP contribution in [0, 0.1) is 23.7 Å². The molecule has 8 heteroatoms. The summed E-state index contributed by atoms with van der Waals surface area (Å²) in [5.74, 6) is 3.13. The Morgan fingerprint density at radius 1 is 0.639 bits per heavy atom. The van der Waals surface area contributed by atoms with Gasteiger partial charge in [0.1, 0.15) is 12.1 Å². The van der Waals surface area contributed by atoms with Gasteiger partial charge in [0, 0.05) is 24.2 Å². The molecule has 0 bridgehead atoms. The van der Waals surface area contributed by atoms with Gasteiger partial charge in [0.2, 0.25) is 11.8 Å². The van der Waals surface area contributed by atoms with Crippen LogP contribution >= 0.6 is 0 Å². The summed E-state index contributed by atoms with van der Waals surface area (Å²) >= 11 is 0. The maximum Gasteiger partial charge on any atom is 0.238 e. The summed E-state index contributed by atoms with van der Waals surface area (Å²) < 4.78 is 11.7. The van der Waals surface area contributed by atoms with Crippen LogP contribution < -0.4 is 21.3 Å². The van der Waals surface area contributed by atoms with E-state index in [1.54, 1.807) is 0 Å². The lowest BCUT2D eigenvalue weighted by molar-refractivity contribution is -0.124. The van der Waals surface area contributed by atoms with Crippen molar-refractivity contribution in [2.75, 3.05) is 0 Å². The molecule has 8 atom stereocenters. The highest BCUT2D eigenvalue weighted by Crippen LogP contribution is 2.62. The molecule has 6 aliphatic rings. The number of ether oxygens (including phenoxy) is 2. The van der Waals surface area contributed by atoms with Crippen molar-refractivity contribution in [3.8, 4) is 0 Å². The highest BCUT2D eigenvalue weighted by molar-refractivity contribution is 5.86. The fraction of sp³-hybridized carbons (Fsp3) is 0.929. The second-order valence-electron chi connectivity index (χ2n) is 13.1. The van der Waals surface area contributed by atoms with E-state index >= 15 is 0 Å². The van der Waals surface area contributed by atoms with Crippen LogP contribution in [-0.4, -0.2) is 72.5 Å². The number of hydrogen-bond donors (Lipinski definition) is 4. The van der Waals surface area contributed by atoms with Gasteiger partial charge < -0.3 is 20.1 Å². The number of carbonyl (C=O) groups excluding carboxylic acids is 2. The quantitative estimate of drug-likeness (QED) is 0.320. The van der Waals surface area contributed by atoms with Crippen LogP contribution in [-0.2, 0) is 19.1 Å². The lowest BCUT2D eigenvalue weighted by Crippen LogP contribution is -2.50. The van der Waals surface area contributed by atoms with E-state index in [0.717, 1.165) is 50.4 Å². The Balaban J connectivity index is 0.859. The summed E-state index contributed by atoms with van der Waals surface area (Å²) in [5.41, 5.74) is 0. The van der Waals surface area contributed by atoms with Crippen LogP contribution in [0.3, 0.4) is 0 Å². The van der Waals surface area contributed by atoms with Gasteiger partial charge in [-0.05, 0) is 103 Å². The lowest BCUT2D eigenvalue weighted by atomic mass is 9.89. The van der Waals surface area contributed by atoms with Gasteiger partial charge >= 0.3 is 0 Å². The molecule has 0 radical (unpaired) electrons. The monoisotopic (exact) mass is 502 g/mol. The molecule has 4 N–H and O–H groups in total. The lowest BCUT2D eigenvalue weighted by Gasteiger charge is -2.36. The Bertz CT molecular complexity index is 837. The van der Waals surface area contributed by atoms with Gasteiger partial charge in [0.05, 0.1) is 24.4 Å². The van der Waals surface area contributed by atoms with Crippen LogP contribution in [0.25, 0.3) is 0 Å². The van der Waals surface area contributed by atoms with Crippen molar-refractivity contribution in [3.05, 3.63) is 0 Å². The van der Waals surface area contributed by atoms with Crippen molar-refractivity contribution in [3.63, 3.8) is 0 Å². The Morgan fingerprint density at radius 3 is 1.61 bits per heavy atom. The van der Waals surface area contributed by atoms with Crippen LogP contribution in [0.2, 0.25) is 0 Å². The zero-order valence-electron chi connectivity index (χ0n) is 22.4. The molecule has 2 heterocycles. The Hall–Kier alpha value is -1.22. The Morgan fingerprint density at radius 2 is 1.11 bits per heavy atom. The zero-order valence-corrected chi connectivity index (χ0v) is 22.4. The Labute approximate surface area is 215 Å². The molecule has 2 aliphatic heterocycles. The van der Waals surface area contributed by atoms with E-state index in [-0.39, 0.29) is 42.1 Å². The largest absolute Gasteiger partial charge is 0.376 e. The molecule has 6 rings (SSSR count). The first-order chi connectivity index (χ1) is 17.3. The fourth-order valence-electron chi connectivity index (χ4n) is 7.29. The molecule has 4 saturated carbocycles. The predicted molar refractivity (Wildman–Crippen MR) is 136 cm³/mol. The fourth-order valence-corrected chi connectivity index (χ4v) is 7.29. The van der Waals surface area contributed by atoms with E-state index in [1.807, 2.05) is 0 Å². The third kappa shape index (κ3) is 5.62. The molecular weight excluding hydrogens is 456 g/mol. The molecule has 0 aromatic carbocycles. The topological polar surface area (TPSA) is 121 Å². The van der Waals surface area contributed by atoms with Gasteiger partial charge in [-0.3, -0.25) is 20.2 Å². The van der Waals surface area contributed by atoms with Gasteiger partial charge in [-0.15, -0.1) is 0 Å². The van der Waals surface area contributed by atoms with Crippen LogP contribution in [0.4, 0.5) is 0 Å². The molecule has 6 fully saturated rings. The first-order valence-corrected chi connectivity index (χ1v) is 14.7. The smallest absolute Gasteiger partial charge is 0.238 e. The Kier molecular flexibility index (Phi) is 6.84. The molecule has 4 unspecified atom stereocenters. The van der Waals surface area contributed by atoms with Crippen LogP contribution in [0.15, 0.2) is 0 Å².